The van der Waals surface area contributed by atoms with Gasteiger partial charge in [0.15, 0.2) is 0 Å². The zero-order valence-corrected chi connectivity index (χ0v) is 20.2. The lowest BCUT2D eigenvalue weighted by molar-refractivity contribution is -0.927. The summed E-state index contributed by atoms with van der Waals surface area (Å²) in [7, 11) is 4.12. The predicted molar refractivity (Wildman–Crippen MR) is 132 cm³/mol. The van der Waals surface area contributed by atoms with Crippen molar-refractivity contribution in [1.82, 2.24) is 24.5 Å². The number of hydroxylamine groups is 3. The molecule has 0 radical (unpaired) electrons. The number of hydrogen-bond donors (Lipinski definition) is 1. The van der Waals surface area contributed by atoms with Gasteiger partial charge in [-0.05, 0) is 51.1 Å². The molecule has 0 aromatic carbocycles. The van der Waals surface area contributed by atoms with E-state index in [2.05, 4.69) is 39.4 Å². The number of rotatable bonds is 5. The third kappa shape index (κ3) is 3.77. The normalized spacial score (nSPS) is 24.9. The molecule has 1 atom stereocenters. The van der Waals surface area contributed by atoms with Crippen LogP contribution in [-0.4, -0.2) is 68.9 Å². The minimum absolute atomic E-state index is 0.0457. The van der Waals surface area contributed by atoms with Crippen LogP contribution < -0.4 is 5.32 Å². The molecule has 2 aliphatic rings. The van der Waals surface area contributed by atoms with Crippen LogP contribution in [0.2, 0.25) is 5.02 Å². The first-order chi connectivity index (χ1) is 15.9. The van der Waals surface area contributed by atoms with Crippen LogP contribution in [0.3, 0.4) is 0 Å². The molecule has 1 aliphatic carbocycles. The van der Waals surface area contributed by atoms with E-state index in [4.69, 9.17) is 11.6 Å². The number of anilines is 2. The minimum atomic E-state index is -0.0457. The van der Waals surface area contributed by atoms with Crippen molar-refractivity contribution in [3.8, 4) is 0 Å². The number of thiophene rings is 1. The number of aryl methyl sites for hydroxylation is 1. The number of likely N-dealkylation sites (tertiary alicyclic amines) is 1. The van der Waals surface area contributed by atoms with Crippen LogP contribution in [-0.2, 0) is 12.8 Å². The quantitative estimate of drug-likeness (QED) is 0.340. The Morgan fingerprint density at radius 2 is 2.18 bits per heavy atom. The summed E-state index contributed by atoms with van der Waals surface area (Å²) < 4.78 is 1.70. The molecule has 33 heavy (non-hydrogen) atoms. The molecule has 1 aliphatic heterocycles. The Bertz CT molecular complexity index is 1340. The molecule has 0 spiro atoms. The second-order valence-corrected chi connectivity index (χ2v) is 11.1. The van der Waals surface area contributed by atoms with Crippen molar-refractivity contribution in [2.45, 2.75) is 25.3 Å². The summed E-state index contributed by atoms with van der Waals surface area (Å²) in [5, 5.41) is 22.4. The summed E-state index contributed by atoms with van der Waals surface area (Å²) in [5.41, 5.74) is 3.08. The molecule has 4 aromatic rings. The molecule has 172 valence electrons. The SMILES string of the molecule is CN(C)C1C[N+]([O-])(C[C@H]2CCc3c(sc4ncnc(Nc5cc6ccnn6cc5Cl)c34)C2)C1. The fourth-order valence-electron chi connectivity index (χ4n) is 5.25. The third-order valence-electron chi connectivity index (χ3n) is 7.09. The highest BCUT2D eigenvalue weighted by atomic mass is 35.5. The van der Waals surface area contributed by atoms with Gasteiger partial charge in [-0.3, -0.25) is 4.90 Å². The van der Waals surface area contributed by atoms with Gasteiger partial charge in [-0.15, -0.1) is 11.3 Å². The van der Waals surface area contributed by atoms with Crippen molar-refractivity contribution in [2.24, 2.45) is 5.92 Å². The Balaban J connectivity index is 1.26. The first-order valence-electron chi connectivity index (χ1n) is 11.3. The van der Waals surface area contributed by atoms with Crippen molar-refractivity contribution >= 4 is 50.2 Å². The molecule has 0 bridgehead atoms. The standard InChI is InChI=1S/C23H26ClN7OS/c1-29(2)16-11-31(32,12-16)10-14-3-4-17-20(7-14)33-23-21(17)22(25-13-26-23)28-19-8-15-5-6-27-30(15)9-18(19)24/h5-6,8-9,13-14,16H,3-4,7,10-12H2,1-2H3,(H,25,26,28)/t14-,16?,31?/m0/s1. The summed E-state index contributed by atoms with van der Waals surface area (Å²) in [4.78, 5) is 13.6. The molecule has 6 rings (SSSR count). The van der Waals surface area contributed by atoms with Crippen LogP contribution in [0, 0.1) is 11.1 Å². The van der Waals surface area contributed by atoms with Gasteiger partial charge in [0, 0.05) is 23.2 Å². The topological polar surface area (TPSA) is 81.4 Å². The predicted octanol–water partition coefficient (Wildman–Crippen LogP) is 4.10. The van der Waals surface area contributed by atoms with Crippen molar-refractivity contribution < 1.29 is 4.65 Å². The van der Waals surface area contributed by atoms with E-state index >= 15 is 0 Å². The monoisotopic (exact) mass is 483 g/mol. The van der Waals surface area contributed by atoms with E-state index in [0.29, 0.717) is 30.1 Å². The fourth-order valence-corrected chi connectivity index (χ4v) is 6.75. The van der Waals surface area contributed by atoms with Gasteiger partial charge < -0.3 is 15.2 Å². The van der Waals surface area contributed by atoms with Crippen molar-refractivity contribution in [3.05, 3.63) is 51.5 Å². The number of nitrogens with one attached hydrogen (secondary N) is 1. The van der Waals surface area contributed by atoms with Gasteiger partial charge >= 0.3 is 0 Å². The number of nitrogens with zero attached hydrogens (tertiary/aromatic N) is 6. The van der Waals surface area contributed by atoms with Gasteiger partial charge in [-0.25, -0.2) is 14.5 Å². The van der Waals surface area contributed by atoms with Crippen LogP contribution in [0.1, 0.15) is 16.9 Å². The van der Waals surface area contributed by atoms with Gasteiger partial charge in [0.1, 0.15) is 23.0 Å². The molecule has 0 unspecified atom stereocenters. The van der Waals surface area contributed by atoms with E-state index in [-0.39, 0.29) is 4.65 Å². The van der Waals surface area contributed by atoms with Gasteiger partial charge in [0.2, 0.25) is 0 Å². The molecular formula is C23H26ClN7OS. The smallest absolute Gasteiger partial charge is 0.142 e. The lowest BCUT2D eigenvalue weighted by Crippen LogP contribution is -2.68. The summed E-state index contributed by atoms with van der Waals surface area (Å²) >= 11 is 8.25. The first-order valence-corrected chi connectivity index (χ1v) is 12.5. The van der Waals surface area contributed by atoms with E-state index in [0.717, 1.165) is 53.0 Å². The largest absolute Gasteiger partial charge is 0.633 e. The zero-order valence-electron chi connectivity index (χ0n) is 18.7. The number of pyridine rings is 1. The van der Waals surface area contributed by atoms with Gasteiger partial charge in [0.25, 0.3) is 0 Å². The van der Waals surface area contributed by atoms with Crippen molar-refractivity contribution in [3.63, 3.8) is 0 Å². The Hall–Kier alpha value is -2.30. The molecule has 0 amide bonds. The number of likely N-dealkylation sites (N-methyl/N-ethyl adjacent to an activating group) is 1. The fraction of sp³-hybridized carbons (Fsp3) is 0.435. The lowest BCUT2D eigenvalue weighted by Gasteiger charge is -2.57. The molecular weight excluding hydrogens is 458 g/mol. The Morgan fingerprint density at radius 3 is 3.00 bits per heavy atom. The molecule has 1 N–H and O–H groups in total. The van der Waals surface area contributed by atoms with Crippen molar-refractivity contribution in [1.29, 1.82) is 0 Å². The summed E-state index contributed by atoms with van der Waals surface area (Å²) in [6.07, 6.45) is 8.09. The molecule has 10 heteroatoms. The van der Waals surface area contributed by atoms with E-state index in [1.165, 1.54) is 10.4 Å². The maximum Gasteiger partial charge on any atom is 0.142 e. The average Bonchev–Trinajstić information content (AvgIpc) is 3.35. The van der Waals surface area contributed by atoms with Crippen LogP contribution in [0.15, 0.2) is 30.9 Å². The second-order valence-electron chi connectivity index (χ2n) is 9.60. The molecule has 4 aromatic heterocycles. The number of hydrogen-bond acceptors (Lipinski definition) is 7. The Labute approximate surface area is 201 Å². The van der Waals surface area contributed by atoms with Gasteiger partial charge in [-0.2, -0.15) is 5.10 Å². The second kappa shape index (κ2) is 7.89. The van der Waals surface area contributed by atoms with Crippen LogP contribution >= 0.6 is 22.9 Å². The minimum Gasteiger partial charge on any atom is -0.633 e. The number of fused-ring (bicyclic) bond motifs is 4. The van der Waals surface area contributed by atoms with Crippen LogP contribution in [0.5, 0.6) is 0 Å². The Kier molecular flexibility index (Phi) is 5.08. The molecule has 1 saturated heterocycles. The zero-order chi connectivity index (χ0) is 22.7. The summed E-state index contributed by atoms with van der Waals surface area (Å²) in [6, 6.07) is 4.33. The molecule has 0 saturated carbocycles. The first kappa shape index (κ1) is 21.2. The Morgan fingerprint density at radius 1 is 1.33 bits per heavy atom. The molecule has 5 heterocycles. The summed E-state index contributed by atoms with van der Waals surface area (Å²) in [6.45, 7) is 2.14. The third-order valence-corrected chi connectivity index (χ3v) is 8.56. The number of quaternary nitrogens is 1. The number of halogens is 1. The maximum atomic E-state index is 13.1. The lowest BCUT2D eigenvalue weighted by atomic mass is 9.86. The number of aromatic nitrogens is 4. The van der Waals surface area contributed by atoms with Crippen LogP contribution in [0.25, 0.3) is 15.7 Å². The highest BCUT2D eigenvalue weighted by molar-refractivity contribution is 7.19. The average molecular weight is 484 g/mol. The maximum absolute atomic E-state index is 13.1. The van der Waals surface area contributed by atoms with E-state index < -0.39 is 0 Å². The van der Waals surface area contributed by atoms with E-state index in [1.807, 2.05) is 12.1 Å². The summed E-state index contributed by atoms with van der Waals surface area (Å²) in [5.74, 6) is 1.21. The highest BCUT2D eigenvalue weighted by Gasteiger charge is 2.41. The highest BCUT2D eigenvalue weighted by Crippen LogP contribution is 2.42. The molecule has 8 nitrogen and oxygen atoms in total. The van der Waals surface area contributed by atoms with E-state index in [1.54, 1.807) is 34.6 Å². The van der Waals surface area contributed by atoms with Crippen molar-refractivity contribution in [2.75, 3.05) is 39.0 Å². The van der Waals surface area contributed by atoms with Gasteiger partial charge in [0.05, 0.1) is 41.2 Å². The van der Waals surface area contributed by atoms with E-state index in [9.17, 15) is 5.21 Å². The molecule has 1 fully saturated rings. The van der Waals surface area contributed by atoms with Gasteiger partial charge in [-0.1, -0.05) is 11.6 Å². The van der Waals surface area contributed by atoms with Crippen LogP contribution in [0.4, 0.5) is 11.5 Å².